The minimum atomic E-state index is -0.603. The Morgan fingerprint density at radius 2 is 1.90 bits per heavy atom. The van der Waals surface area contributed by atoms with E-state index in [-0.39, 0.29) is 18.8 Å². The minimum absolute atomic E-state index is 0.243. The molecule has 0 aromatic heterocycles. The Hall–Kier alpha value is -1.59. The van der Waals surface area contributed by atoms with Crippen molar-refractivity contribution in [2.75, 3.05) is 13.2 Å². The predicted molar refractivity (Wildman–Crippen MR) is 72.2 cm³/mol. The second-order valence-corrected chi connectivity index (χ2v) is 5.78. The van der Waals surface area contributed by atoms with Gasteiger partial charge in [-0.05, 0) is 40.5 Å². The van der Waals surface area contributed by atoms with Crippen molar-refractivity contribution in [3.05, 3.63) is 0 Å². The first kappa shape index (κ1) is 16.5. The van der Waals surface area contributed by atoms with Gasteiger partial charge in [0, 0.05) is 6.54 Å². The molecule has 0 aliphatic carbocycles. The molecule has 1 atom stereocenters. The highest BCUT2D eigenvalue weighted by Crippen LogP contribution is 2.22. The molecule has 114 valence electrons. The maximum atomic E-state index is 12.1. The third-order valence-corrected chi connectivity index (χ3v) is 2.88. The van der Waals surface area contributed by atoms with Crippen LogP contribution in [-0.2, 0) is 19.1 Å². The van der Waals surface area contributed by atoms with Crippen molar-refractivity contribution < 1.29 is 23.9 Å². The van der Waals surface area contributed by atoms with Gasteiger partial charge in [0.2, 0.25) is 0 Å². The van der Waals surface area contributed by atoms with Crippen LogP contribution in [0.2, 0.25) is 0 Å². The zero-order valence-electron chi connectivity index (χ0n) is 12.6. The summed E-state index contributed by atoms with van der Waals surface area (Å²) in [6.07, 6.45) is 0.505. The number of hydrogen-bond donors (Lipinski definition) is 0. The molecule has 1 unspecified atom stereocenters. The summed E-state index contributed by atoms with van der Waals surface area (Å²) in [7, 11) is 0. The van der Waals surface area contributed by atoms with Gasteiger partial charge in [0.1, 0.15) is 12.0 Å². The van der Waals surface area contributed by atoms with Gasteiger partial charge >= 0.3 is 12.1 Å². The lowest BCUT2D eigenvalue weighted by molar-refractivity contribution is -0.146. The fraction of sp³-hybridized carbons (Fsp3) is 0.786. The molecule has 0 spiro atoms. The summed E-state index contributed by atoms with van der Waals surface area (Å²) < 4.78 is 10.0. The van der Waals surface area contributed by atoms with Crippen LogP contribution in [0, 0.1) is 0 Å². The molecular formula is C14H23NO5. The van der Waals surface area contributed by atoms with Crippen LogP contribution in [0.4, 0.5) is 4.79 Å². The standard InChI is InChI=1S/C14H23NO5/c1-5-19-12(17)9-11(16)10-7-6-8-15(10)13(18)20-14(2,3)4/h10H,5-9H2,1-4H3. The van der Waals surface area contributed by atoms with Gasteiger partial charge in [-0.1, -0.05) is 0 Å². The number of rotatable bonds is 4. The number of Topliss-reactive ketones (excluding diaryl/α,β-unsaturated/α-hetero) is 1. The highest BCUT2D eigenvalue weighted by Gasteiger charge is 2.37. The number of likely N-dealkylation sites (tertiary alicyclic amines) is 1. The van der Waals surface area contributed by atoms with Crippen LogP contribution in [0.3, 0.4) is 0 Å². The molecule has 0 bridgehead atoms. The van der Waals surface area contributed by atoms with E-state index in [1.807, 2.05) is 0 Å². The van der Waals surface area contributed by atoms with Gasteiger partial charge in [-0.3, -0.25) is 14.5 Å². The van der Waals surface area contributed by atoms with E-state index in [4.69, 9.17) is 9.47 Å². The van der Waals surface area contributed by atoms with Crippen LogP contribution < -0.4 is 0 Å². The third kappa shape index (κ3) is 4.83. The zero-order chi connectivity index (χ0) is 15.3. The van der Waals surface area contributed by atoms with Crippen molar-refractivity contribution in [1.82, 2.24) is 4.90 Å². The third-order valence-electron chi connectivity index (χ3n) is 2.88. The molecule has 0 radical (unpaired) electrons. The lowest BCUT2D eigenvalue weighted by atomic mass is 10.1. The second-order valence-electron chi connectivity index (χ2n) is 5.78. The summed E-state index contributed by atoms with van der Waals surface area (Å²) in [4.78, 5) is 36.8. The van der Waals surface area contributed by atoms with E-state index < -0.39 is 23.7 Å². The lowest BCUT2D eigenvalue weighted by Gasteiger charge is -2.27. The molecule has 20 heavy (non-hydrogen) atoms. The fourth-order valence-corrected chi connectivity index (χ4v) is 2.11. The van der Waals surface area contributed by atoms with E-state index >= 15 is 0 Å². The minimum Gasteiger partial charge on any atom is -0.466 e. The molecule has 0 N–H and O–H groups in total. The molecule has 1 aliphatic rings. The Morgan fingerprint density at radius 3 is 2.45 bits per heavy atom. The van der Waals surface area contributed by atoms with Crippen LogP contribution in [0.1, 0.15) is 47.0 Å². The van der Waals surface area contributed by atoms with E-state index in [1.165, 1.54) is 4.90 Å². The number of hydrogen-bond acceptors (Lipinski definition) is 5. The second kappa shape index (κ2) is 6.72. The summed E-state index contributed by atoms with van der Waals surface area (Å²) in [5.41, 5.74) is -0.603. The highest BCUT2D eigenvalue weighted by molar-refractivity contribution is 5.99. The number of carbonyl (C=O) groups excluding carboxylic acids is 3. The smallest absolute Gasteiger partial charge is 0.410 e. The van der Waals surface area contributed by atoms with Crippen molar-refractivity contribution in [1.29, 1.82) is 0 Å². The summed E-state index contributed by atoms with van der Waals surface area (Å²) in [5, 5.41) is 0. The van der Waals surface area contributed by atoms with Crippen molar-refractivity contribution in [3.8, 4) is 0 Å². The molecule has 0 saturated carbocycles. The monoisotopic (exact) mass is 285 g/mol. The van der Waals surface area contributed by atoms with Crippen LogP contribution in [0.15, 0.2) is 0 Å². The first-order valence-electron chi connectivity index (χ1n) is 6.92. The molecule has 1 rings (SSSR count). The normalized spacial score (nSPS) is 18.8. The SMILES string of the molecule is CCOC(=O)CC(=O)C1CCCN1C(=O)OC(C)(C)C. The maximum Gasteiger partial charge on any atom is 0.410 e. The molecular weight excluding hydrogens is 262 g/mol. The van der Waals surface area contributed by atoms with Gasteiger partial charge in [0.25, 0.3) is 0 Å². The van der Waals surface area contributed by atoms with E-state index in [0.717, 1.165) is 6.42 Å². The molecule has 0 aromatic rings. The van der Waals surface area contributed by atoms with Gasteiger partial charge in [0.05, 0.1) is 12.6 Å². The number of amides is 1. The van der Waals surface area contributed by atoms with Gasteiger partial charge in [-0.15, -0.1) is 0 Å². The average Bonchev–Trinajstić information content (AvgIpc) is 2.75. The number of ketones is 1. The number of carbonyl (C=O) groups is 3. The Kier molecular flexibility index (Phi) is 5.53. The highest BCUT2D eigenvalue weighted by atomic mass is 16.6. The van der Waals surface area contributed by atoms with E-state index in [1.54, 1.807) is 27.7 Å². The fourth-order valence-electron chi connectivity index (χ4n) is 2.11. The zero-order valence-corrected chi connectivity index (χ0v) is 12.6. The van der Waals surface area contributed by atoms with Crippen LogP contribution >= 0.6 is 0 Å². The Balaban J connectivity index is 2.62. The van der Waals surface area contributed by atoms with Crippen LogP contribution in [0.5, 0.6) is 0 Å². The van der Waals surface area contributed by atoms with Crippen molar-refractivity contribution in [2.45, 2.75) is 58.6 Å². The van der Waals surface area contributed by atoms with Crippen LogP contribution in [0.25, 0.3) is 0 Å². The molecule has 6 heteroatoms. The Labute approximate surface area is 119 Å². The lowest BCUT2D eigenvalue weighted by Crippen LogP contribution is -2.43. The first-order chi connectivity index (χ1) is 9.24. The topological polar surface area (TPSA) is 72.9 Å². The van der Waals surface area contributed by atoms with Gasteiger partial charge in [-0.2, -0.15) is 0 Å². The summed E-state index contributed by atoms with van der Waals surface area (Å²) in [6.45, 7) is 7.73. The van der Waals surface area contributed by atoms with Crippen molar-refractivity contribution in [3.63, 3.8) is 0 Å². The quantitative estimate of drug-likeness (QED) is 0.582. The molecule has 1 saturated heterocycles. The summed E-state index contributed by atoms with van der Waals surface area (Å²) in [5.74, 6) is -0.833. The van der Waals surface area contributed by atoms with Gasteiger partial charge in [-0.25, -0.2) is 4.79 Å². The van der Waals surface area contributed by atoms with Gasteiger partial charge < -0.3 is 9.47 Å². The predicted octanol–water partition coefficient (Wildman–Crippen LogP) is 1.91. The Bertz CT molecular complexity index is 386. The van der Waals surface area contributed by atoms with Gasteiger partial charge in [0.15, 0.2) is 5.78 Å². The van der Waals surface area contributed by atoms with Crippen molar-refractivity contribution >= 4 is 17.8 Å². The number of nitrogens with zero attached hydrogens (tertiary/aromatic N) is 1. The molecule has 6 nitrogen and oxygen atoms in total. The first-order valence-corrected chi connectivity index (χ1v) is 6.92. The number of ether oxygens (including phenoxy) is 2. The number of esters is 1. The molecule has 1 amide bonds. The molecule has 0 aromatic carbocycles. The van der Waals surface area contributed by atoms with E-state index in [0.29, 0.717) is 13.0 Å². The molecule has 1 heterocycles. The van der Waals surface area contributed by atoms with E-state index in [2.05, 4.69) is 0 Å². The molecule has 1 aliphatic heterocycles. The molecule has 1 fully saturated rings. The van der Waals surface area contributed by atoms with Crippen molar-refractivity contribution in [2.24, 2.45) is 0 Å². The van der Waals surface area contributed by atoms with E-state index in [9.17, 15) is 14.4 Å². The summed E-state index contributed by atoms with van der Waals surface area (Å²) >= 11 is 0. The largest absolute Gasteiger partial charge is 0.466 e. The summed E-state index contributed by atoms with van der Waals surface area (Å²) in [6, 6.07) is -0.575. The average molecular weight is 285 g/mol. The Morgan fingerprint density at radius 1 is 1.25 bits per heavy atom. The maximum absolute atomic E-state index is 12.1. The van der Waals surface area contributed by atoms with Crippen LogP contribution in [-0.4, -0.2) is 47.5 Å².